The van der Waals surface area contributed by atoms with E-state index in [-0.39, 0.29) is 18.2 Å². The lowest BCUT2D eigenvalue weighted by Gasteiger charge is -2.44. The van der Waals surface area contributed by atoms with E-state index in [0.717, 1.165) is 32.1 Å². The summed E-state index contributed by atoms with van der Waals surface area (Å²) in [6.07, 6.45) is 4.49. The Morgan fingerprint density at radius 3 is 2.62 bits per heavy atom. The number of amides is 2. The molecular weight excluding hydrogens is 272 g/mol. The Morgan fingerprint density at radius 1 is 1.33 bits per heavy atom. The number of nitrogens with one attached hydrogen (secondary N) is 1. The maximum Gasteiger partial charge on any atom is 0.327 e. The standard InChI is InChI=1S/C15H26N2O4/c1-15(2)7-4-8-17(12(15)13(18)19)14(20)16-10-5-6-11(9-10)21-3/h10-12H,4-9H2,1-3H3,(H,16,20)(H,18,19). The second-order valence-electron chi connectivity index (χ2n) is 6.84. The van der Waals surface area contributed by atoms with Crippen LogP contribution in [0.1, 0.15) is 46.0 Å². The van der Waals surface area contributed by atoms with Gasteiger partial charge in [0.2, 0.25) is 0 Å². The number of carboxylic acids is 1. The number of carbonyl (C=O) groups excluding carboxylic acids is 1. The number of piperidine rings is 1. The van der Waals surface area contributed by atoms with Gasteiger partial charge >= 0.3 is 12.0 Å². The van der Waals surface area contributed by atoms with Crippen LogP contribution in [-0.4, -0.2) is 53.8 Å². The SMILES string of the molecule is COC1CCC(NC(=O)N2CCCC(C)(C)C2C(=O)O)C1. The van der Waals surface area contributed by atoms with E-state index in [2.05, 4.69) is 5.32 Å². The molecule has 6 nitrogen and oxygen atoms in total. The molecule has 2 rings (SSSR count). The van der Waals surface area contributed by atoms with Gasteiger partial charge in [-0.1, -0.05) is 13.8 Å². The van der Waals surface area contributed by atoms with Crippen LogP contribution in [0.5, 0.6) is 0 Å². The van der Waals surface area contributed by atoms with E-state index in [1.165, 1.54) is 4.90 Å². The molecule has 0 spiro atoms. The zero-order valence-corrected chi connectivity index (χ0v) is 13.1. The number of likely N-dealkylation sites (tertiary alicyclic amines) is 1. The molecule has 0 aromatic heterocycles. The minimum Gasteiger partial charge on any atom is -0.480 e. The Balaban J connectivity index is 2.01. The third-order valence-electron chi connectivity index (χ3n) is 4.81. The minimum atomic E-state index is -0.920. The molecule has 1 aliphatic carbocycles. The van der Waals surface area contributed by atoms with E-state index in [9.17, 15) is 14.7 Å². The summed E-state index contributed by atoms with van der Waals surface area (Å²) in [4.78, 5) is 25.5. The molecule has 2 fully saturated rings. The maximum absolute atomic E-state index is 12.5. The van der Waals surface area contributed by atoms with Crippen molar-refractivity contribution in [1.29, 1.82) is 0 Å². The Morgan fingerprint density at radius 2 is 2.05 bits per heavy atom. The van der Waals surface area contributed by atoms with Gasteiger partial charge in [0, 0.05) is 19.7 Å². The molecule has 2 amide bonds. The van der Waals surface area contributed by atoms with Gasteiger partial charge in [-0.2, -0.15) is 0 Å². The molecule has 1 saturated carbocycles. The topological polar surface area (TPSA) is 78.9 Å². The molecule has 0 radical (unpaired) electrons. The van der Waals surface area contributed by atoms with Crippen LogP contribution in [0, 0.1) is 5.41 Å². The minimum absolute atomic E-state index is 0.0851. The summed E-state index contributed by atoms with van der Waals surface area (Å²) in [6, 6.07) is -0.926. The van der Waals surface area contributed by atoms with Crippen molar-refractivity contribution in [2.24, 2.45) is 5.41 Å². The number of nitrogens with zero attached hydrogens (tertiary/aromatic N) is 1. The number of carbonyl (C=O) groups is 2. The number of ether oxygens (including phenoxy) is 1. The van der Waals surface area contributed by atoms with Crippen LogP contribution < -0.4 is 5.32 Å². The van der Waals surface area contributed by atoms with E-state index in [1.807, 2.05) is 13.8 Å². The van der Waals surface area contributed by atoms with E-state index in [0.29, 0.717) is 6.54 Å². The van der Waals surface area contributed by atoms with E-state index >= 15 is 0 Å². The van der Waals surface area contributed by atoms with Crippen molar-refractivity contribution in [2.75, 3.05) is 13.7 Å². The normalized spacial score (nSPS) is 32.0. The summed E-state index contributed by atoms with van der Waals surface area (Å²) in [5.41, 5.74) is -0.397. The Bertz CT molecular complexity index is 410. The highest BCUT2D eigenvalue weighted by atomic mass is 16.5. The Labute approximate surface area is 125 Å². The summed E-state index contributed by atoms with van der Waals surface area (Å²) in [5, 5.41) is 12.5. The van der Waals surface area contributed by atoms with Crippen LogP contribution in [-0.2, 0) is 9.53 Å². The number of hydrogen-bond donors (Lipinski definition) is 2. The molecule has 3 atom stereocenters. The second-order valence-corrected chi connectivity index (χ2v) is 6.84. The van der Waals surface area contributed by atoms with Crippen LogP contribution >= 0.6 is 0 Å². The lowest BCUT2D eigenvalue weighted by atomic mass is 9.76. The van der Waals surface area contributed by atoms with Crippen molar-refractivity contribution in [2.45, 2.75) is 64.1 Å². The summed E-state index contributed by atoms with van der Waals surface area (Å²) >= 11 is 0. The van der Waals surface area contributed by atoms with Crippen molar-refractivity contribution in [3.8, 4) is 0 Å². The summed E-state index contributed by atoms with van der Waals surface area (Å²) in [5.74, 6) is -0.920. The average Bonchev–Trinajstić information content (AvgIpc) is 2.84. The highest BCUT2D eigenvalue weighted by Gasteiger charge is 2.45. The first-order chi connectivity index (χ1) is 9.85. The van der Waals surface area contributed by atoms with Gasteiger partial charge in [-0.15, -0.1) is 0 Å². The highest BCUT2D eigenvalue weighted by molar-refractivity contribution is 5.83. The zero-order chi connectivity index (χ0) is 15.6. The first-order valence-electron chi connectivity index (χ1n) is 7.68. The molecule has 2 N–H and O–H groups in total. The van der Waals surface area contributed by atoms with Gasteiger partial charge in [-0.25, -0.2) is 9.59 Å². The number of methoxy groups -OCH3 is 1. The molecule has 120 valence electrons. The van der Waals surface area contributed by atoms with E-state index < -0.39 is 17.4 Å². The summed E-state index contributed by atoms with van der Waals surface area (Å²) in [6.45, 7) is 4.34. The molecule has 0 aromatic rings. The number of aliphatic carboxylic acids is 1. The highest BCUT2D eigenvalue weighted by Crippen LogP contribution is 2.35. The van der Waals surface area contributed by atoms with Gasteiger partial charge in [0.1, 0.15) is 6.04 Å². The maximum atomic E-state index is 12.5. The lowest BCUT2D eigenvalue weighted by Crippen LogP contribution is -2.59. The van der Waals surface area contributed by atoms with Crippen molar-refractivity contribution < 1.29 is 19.4 Å². The van der Waals surface area contributed by atoms with E-state index in [1.54, 1.807) is 7.11 Å². The van der Waals surface area contributed by atoms with Crippen molar-refractivity contribution >= 4 is 12.0 Å². The van der Waals surface area contributed by atoms with Gasteiger partial charge in [0.05, 0.1) is 6.10 Å². The molecule has 0 aromatic carbocycles. The fraction of sp³-hybridized carbons (Fsp3) is 0.867. The van der Waals surface area contributed by atoms with Gasteiger partial charge in [0.15, 0.2) is 0 Å². The molecule has 1 saturated heterocycles. The Kier molecular flexibility index (Phi) is 4.76. The molecule has 0 bridgehead atoms. The van der Waals surface area contributed by atoms with Crippen LogP contribution in [0.4, 0.5) is 4.79 Å². The fourth-order valence-electron chi connectivity index (χ4n) is 3.62. The summed E-state index contributed by atoms with van der Waals surface area (Å²) in [7, 11) is 1.68. The van der Waals surface area contributed by atoms with Crippen LogP contribution in [0.15, 0.2) is 0 Å². The van der Waals surface area contributed by atoms with Crippen molar-refractivity contribution in [3.63, 3.8) is 0 Å². The van der Waals surface area contributed by atoms with Gasteiger partial charge in [0.25, 0.3) is 0 Å². The second kappa shape index (κ2) is 6.22. The predicted octanol–water partition coefficient (Wildman–Crippen LogP) is 1.84. The first-order valence-corrected chi connectivity index (χ1v) is 7.68. The number of carboxylic acid groups (broad SMARTS) is 1. The van der Waals surface area contributed by atoms with Crippen molar-refractivity contribution in [1.82, 2.24) is 10.2 Å². The number of urea groups is 1. The number of hydrogen-bond acceptors (Lipinski definition) is 3. The molecule has 1 heterocycles. The Hall–Kier alpha value is -1.30. The molecule has 21 heavy (non-hydrogen) atoms. The third-order valence-corrected chi connectivity index (χ3v) is 4.81. The molecule has 3 unspecified atom stereocenters. The van der Waals surface area contributed by atoms with Crippen LogP contribution in [0.25, 0.3) is 0 Å². The number of rotatable bonds is 3. The van der Waals surface area contributed by atoms with Gasteiger partial charge in [-0.3, -0.25) is 0 Å². The molecular formula is C15H26N2O4. The molecule has 6 heteroatoms. The van der Waals surface area contributed by atoms with E-state index in [4.69, 9.17) is 4.74 Å². The molecule has 1 aliphatic heterocycles. The first kappa shape index (κ1) is 16.1. The van der Waals surface area contributed by atoms with Gasteiger partial charge in [-0.05, 0) is 37.5 Å². The monoisotopic (exact) mass is 298 g/mol. The predicted molar refractivity (Wildman–Crippen MR) is 78.1 cm³/mol. The average molecular weight is 298 g/mol. The quantitative estimate of drug-likeness (QED) is 0.833. The van der Waals surface area contributed by atoms with Crippen LogP contribution in [0.2, 0.25) is 0 Å². The zero-order valence-electron chi connectivity index (χ0n) is 13.1. The smallest absolute Gasteiger partial charge is 0.327 e. The largest absolute Gasteiger partial charge is 0.480 e. The van der Waals surface area contributed by atoms with Crippen LogP contribution in [0.3, 0.4) is 0 Å². The lowest BCUT2D eigenvalue weighted by molar-refractivity contribution is -0.148. The molecule has 2 aliphatic rings. The fourth-order valence-corrected chi connectivity index (χ4v) is 3.62. The summed E-state index contributed by atoms with van der Waals surface area (Å²) < 4.78 is 5.30. The van der Waals surface area contributed by atoms with Crippen molar-refractivity contribution in [3.05, 3.63) is 0 Å². The third kappa shape index (κ3) is 3.48. The van der Waals surface area contributed by atoms with Gasteiger partial charge < -0.3 is 20.1 Å².